The summed E-state index contributed by atoms with van der Waals surface area (Å²) in [5.74, 6) is -0.197. The summed E-state index contributed by atoms with van der Waals surface area (Å²) in [7, 11) is 0. The molecule has 1 heterocycles. The zero-order valence-electron chi connectivity index (χ0n) is 10.9. The van der Waals surface area contributed by atoms with Gasteiger partial charge in [0.05, 0.1) is 17.7 Å². The van der Waals surface area contributed by atoms with Gasteiger partial charge in [-0.1, -0.05) is 6.07 Å². The van der Waals surface area contributed by atoms with Gasteiger partial charge < -0.3 is 10.3 Å². The van der Waals surface area contributed by atoms with E-state index >= 15 is 0 Å². The van der Waals surface area contributed by atoms with E-state index in [4.69, 9.17) is 5.73 Å². The number of halogens is 1. The fraction of sp³-hybridized carbons (Fsp3) is 0.400. The lowest BCUT2D eigenvalue weighted by Gasteiger charge is -2.15. The van der Waals surface area contributed by atoms with Crippen LogP contribution in [0.1, 0.15) is 29.8 Å². The largest absolute Gasteiger partial charge is 0.330 e. The second-order valence-corrected chi connectivity index (χ2v) is 5.04. The van der Waals surface area contributed by atoms with E-state index in [1.807, 2.05) is 16.7 Å². The highest BCUT2D eigenvalue weighted by molar-refractivity contribution is 5.40. The third-order valence-corrected chi connectivity index (χ3v) is 3.73. The molecular formula is C15H18FN3. The van der Waals surface area contributed by atoms with Gasteiger partial charge in [0, 0.05) is 5.69 Å². The minimum absolute atomic E-state index is 0.197. The Hall–Kier alpha value is -1.68. The molecule has 0 unspecified atom stereocenters. The van der Waals surface area contributed by atoms with Crippen LogP contribution in [0, 0.1) is 5.82 Å². The SMILES string of the molecule is NCCc1ccc(-n2cnc3c2CCCC3)c(F)c1. The Kier molecular flexibility index (Phi) is 3.34. The van der Waals surface area contributed by atoms with Gasteiger partial charge in [-0.2, -0.15) is 0 Å². The first-order valence-corrected chi connectivity index (χ1v) is 6.83. The summed E-state index contributed by atoms with van der Waals surface area (Å²) < 4.78 is 16.1. The van der Waals surface area contributed by atoms with Gasteiger partial charge in [0.25, 0.3) is 0 Å². The van der Waals surface area contributed by atoms with Crippen molar-refractivity contribution in [3.05, 3.63) is 47.3 Å². The van der Waals surface area contributed by atoms with Crippen LogP contribution in [-0.4, -0.2) is 16.1 Å². The summed E-state index contributed by atoms with van der Waals surface area (Å²) >= 11 is 0. The van der Waals surface area contributed by atoms with Gasteiger partial charge in [-0.15, -0.1) is 0 Å². The molecule has 2 aromatic rings. The van der Waals surface area contributed by atoms with Gasteiger partial charge in [-0.3, -0.25) is 0 Å². The van der Waals surface area contributed by atoms with Crippen molar-refractivity contribution in [1.82, 2.24) is 9.55 Å². The van der Waals surface area contributed by atoms with Gasteiger partial charge in [0.15, 0.2) is 0 Å². The van der Waals surface area contributed by atoms with Crippen molar-refractivity contribution in [3.8, 4) is 5.69 Å². The van der Waals surface area contributed by atoms with Crippen LogP contribution in [0.3, 0.4) is 0 Å². The zero-order chi connectivity index (χ0) is 13.2. The first kappa shape index (κ1) is 12.4. The summed E-state index contributed by atoms with van der Waals surface area (Å²) in [5.41, 5.74) is 9.32. The molecular weight excluding hydrogens is 241 g/mol. The quantitative estimate of drug-likeness (QED) is 0.919. The van der Waals surface area contributed by atoms with Crippen molar-refractivity contribution in [1.29, 1.82) is 0 Å². The van der Waals surface area contributed by atoms with E-state index in [0.717, 1.165) is 36.2 Å². The highest BCUT2D eigenvalue weighted by atomic mass is 19.1. The zero-order valence-corrected chi connectivity index (χ0v) is 10.9. The van der Waals surface area contributed by atoms with E-state index in [2.05, 4.69) is 4.98 Å². The monoisotopic (exact) mass is 259 g/mol. The van der Waals surface area contributed by atoms with Gasteiger partial charge in [0.2, 0.25) is 0 Å². The van der Waals surface area contributed by atoms with Crippen LogP contribution in [0.25, 0.3) is 5.69 Å². The Bertz CT molecular complexity index is 589. The van der Waals surface area contributed by atoms with Crippen molar-refractivity contribution in [3.63, 3.8) is 0 Å². The van der Waals surface area contributed by atoms with Crippen molar-refractivity contribution in [2.75, 3.05) is 6.54 Å². The maximum absolute atomic E-state index is 14.2. The van der Waals surface area contributed by atoms with Gasteiger partial charge in [-0.25, -0.2) is 9.37 Å². The van der Waals surface area contributed by atoms with Crippen LogP contribution in [0.5, 0.6) is 0 Å². The molecule has 2 N–H and O–H groups in total. The fourth-order valence-electron chi connectivity index (χ4n) is 2.74. The van der Waals surface area contributed by atoms with Crippen molar-refractivity contribution < 1.29 is 4.39 Å². The summed E-state index contributed by atoms with van der Waals surface area (Å²) in [5, 5.41) is 0. The first-order chi connectivity index (χ1) is 9.29. The number of nitrogens with zero attached hydrogens (tertiary/aromatic N) is 2. The molecule has 0 amide bonds. The Morgan fingerprint density at radius 2 is 2.11 bits per heavy atom. The van der Waals surface area contributed by atoms with Crippen molar-refractivity contribution in [2.45, 2.75) is 32.1 Å². The number of imidazole rings is 1. The molecule has 100 valence electrons. The number of aromatic nitrogens is 2. The Morgan fingerprint density at radius 3 is 2.89 bits per heavy atom. The molecule has 0 spiro atoms. The average Bonchev–Trinajstić information content (AvgIpc) is 2.83. The van der Waals surface area contributed by atoms with E-state index in [-0.39, 0.29) is 5.82 Å². The van der Waals surface area contributed by atoms with Gasteiger partial charge >= 0.3 is 0 Å². The number of hydrogen-bond acceptors (Lipinski definition) is 2. The third kappa shape index (κ3) is 2.28. The van der Waals surface area contributed by atoms with E-state index < -0.39 is 0 Å². The second-order valence-electron chi connectivity index (χ2n) is 5.04. The van der Waals surface area contributed by atoms with E-state index in [9.17, 15) is 4.39 Å². The second kappa shape index (κ2) is 5.13. The van der Waals surface area contributed by atoms with E-state index in [1.165, 1.54) is 6.42 Å². The normalized spacial score (nSPS) is 14.4. The third-order valence-electron chi connectivity index (χ3n) is 3.73. The molecule has 0 aliphatic heterocycles. The van der Waals surface area contributed by atoms with Crippen molar-refractivity contribution in [2.24, 2.45) is 5.73 Å². The van der Waals surface area contributed by atoms with Gasteiger partial charge in [-0.05, 0) is 56.3 Å². The molecule has 0 bridgehead atoms. The summed E-state index contributed by atoms with van der Waals surface area (Å²) in [6.45, 7) is 0.541. The summed E-state index contributed by atoms with van der Waals surface area (Å²) in [6, 6.07) is 5.36. The lowest BCUT2D eigenvalue weighted by molar-refractivity contribution is 0.606. The van der Waals surface area contributed by atoms with Crippen LogP contribution >= 0.6 is 0 Å². The molecule has 0 saturated carbocycles. The molecule has 0 saturated heterocycles. The number of fused-ring (bicyclic) bond motifs is 1. The van der Waals surface area contributed by atoms with Gasteiger partial charge in [0.1, 0.15) is 5.82 Å². The van der Waals surface area contributed by atoms with Crippen LogP contribution in [0.2, 0.25) is 0 Å². The smallest absolute Gasteiger partial charge is 0.147 e. The first-order valence-electron chi connectivity index (χ1n) is 6.83. The number of nitrogens with two attached hydrogens (primary N) is 1. The summed E-state index contributed by atoms with van der Waals surface area (Å²) in [6.07, 6.45) is 6.79. The lowest BCUT2D eigenvalue weighted by Crippen LogP contribution is -2.08. The standard InChI is InChI=1S/C15H18FN3/c16-12-9-11(7-8-17)5-6-14(12)19-10-18-13-3-1-2-4-15(13)19/h5-6,9-10H,1-4,7-8,17H2. The minimum atomic E-state index is -0.197. The summed E-state index contributed by atoms with van der Waals surface area (Å²) in [4.78, 5) is 4.41. The number of rotatable bonds is 3. The Morgan fingerprint density at radius 1 is 1.26 bits per heavy atom. The van der Waals surface area contributed by atoms with Crippen LogP contribution in [0.4, 0.5) is 4.39 Å². The van der Waals surface area contributed by atoms with E-state index in [1.54, 1.807) is 12.4 Å². The Balaban J connectivity index is 2.00. The molecule has 0 fully saturated rings. The van der Waals surface area contributed by atoms with Crippen LogP contribution < -0.4 is 5.73 Å². The molecule has 0 atom stereocenters. The molecule has 4 heteroatoms. The van der Waals surface area contributed by atoms with E-state index in [0.29, 0.717) is 18.7 Å². The predicted molar refractivity (Wildman–Crippen MR) is 72.9 cm³/mol. The Labute approximate surface area is 112 Å². The van der Waals surface area contributed by atoms with Crippen LogP contribution in [0.15, 0.2) is 24.5 Å². The lowest BCUT2D eigenvalue weighted by atomic mass is 10.0. The molecule has 1 aliphatic rings. The number of benzene rings is 1. The topological polar surface area (TPSA) is 43.8 Å². The maximum atomic E-state index is 14.2. The molecule has 1 aromatic carbocycles. The minimum Gasteiger partial charge on any atom is -0.330 e. The number of aryl methyl sites for hydroxylation is 1. The molecule has 1 aromatic heterocycles. The molecule has 3 nitrogen and oxygen atoms in total. The fourth-order valence-corrected chi connectivity index (χ4v) is 2.74. The molecule has 19 heavy (non-hydrogen) atoms. The average molecular weight is 259 g/mol. The molecule has 0 radical (unpaired) electrons. The van der Waals surface area contributed by atoms with Crippen LogP contribution in [-0.2, 0) is 19.3 Å². The number of hydrogen-bond donors (Lipinski definition) is 1. The highest BCUT2D eigenvalue weighted by Gasteiger charge is 2.17. The molecule has 1 aliphatic carbocycles. The highest BCUT2D eigenvalue weighted by Crippen LogP contribution is 2.24. The predicted octanol–water partition coefficient (Wildman–Crippen LogP) is 2.39. The van der Waals surface area contributed by atoms with Crippen molar-refractivity contribution >= 4 is 0 Å². The maximum Gasteiger partial charge on any atom is 0.147 e. The molecule has 3 rings (SSSR count).